The van der Waals surface area contributed by atoms with Gasteiger partial charge >= 0.3 is 0 Å². The van der Waals surface area contributed by atoms with E-state index in [1.54, 1.807) is 6.20 Å². The van der Waals surface area contributed by atoms with E-state index >= 15 is 0 Å². The van der Waals surface area contributed by atoms with Crippen LogP contribution in [0, 0.1) is 0 Å². The van der Waals surface area contributed by atoms with E-state index in [0.29, 0.717) is 38.2 Å². The van der Waals surface area contributed by atoms with Gasteiger partial charge in [0.1, 0.15) is 5.82 Å². The van der Waals surface area contributed by atoms with Gasteiger partial charge in [-0.3, -0.25) is 0 Å². The van der Waals surface area contributed by atoms with Crippen molar-refractivity contribution in [2.75, 3.05) is 55.1 Å². The number of hydrogen-bond acceptors (Lipinski definition) is 7. The van der Waals surface area contributed by atoms with Crippen molar-refractivity contribution in [1.82, 2.24) is 15.0 Å². The predicted molar refractivity (Wildman–Crippen MR) is 97.6 cm³/mol. The zero-order chi connectivity index (χ0) is 17.2. The zero-order valence-electron chi connectivity index (χ0n) is 14.3. The number of halogens is 1. The summed E-state index contributed by atoms with van der Waals surface area (Å²) in [5.41, 5.74) is 0.718. The Morgan fingerprint density at radius 2 is 2.20 bits per heavy atom. The highest BCUT2D eigenvalue weighted by molar-refractivity contribution is 6.18. The van der Waals surface area contributed by atoms with Crippen molar-refractivity contribution >= 4 is 34.4 Å². The van der Waals surface area contributed by atoms with Crippen LogP contribution in [-0.4, -0.2) is 72.4 Å². The highest BCUT2D eigenvalue weighted by atomic mass is 35.5. The molecule has 0 aliphatic carbocycles. The standard InChI is InChI=1S/C17H22ClN5O2/c1-12-11-24-7-6-23(12)16-14-3-2-4-19-15(14)20-17(21-16)22-5-8-25-13(9-18)10-22/h2-4,12-13H,5-11H2,1H3. The third-order valence-corrected chi connectivity index (χ3v) is 5.02. The molecule has 0 amide bonds. The number of aromatic nitrogens is 3. The first-order valence-electron chi connectivity index (χ1n) is 8.66. The molecule has 2 fully saturated rings. The average molecular weight is 364 g/mol. The zero-order valence-corrected chi connectivity index (χ0v) is 15.0. The number of ether oxygens (including phenoxy) is 2. The van der Waals surface area contributed by atoms with Gasteiger partial charge in [0.2, 0.25) is 5.95 Å². The molecule has 2 atom stereocenters. The van der Waals surface area contributed by atoms with Gasteiger partial charge in [0.25, 0.3) is 0 Å². The lowest BCUT2D eigenvalue weighted by atomic mass is 10.2. The third kappa shape index (κ3) is 3.36. The van der Waals surface area contributed by atoms with Crippen molar-refractivity contribution in [2.45, 2.75) is 19.1 Å². The van der Waals surface area contributed by atoms with Crippen LogP contribution in [0.3, 0.4) is 0 Å². The highest BCUT2D eigenvalue weighted by Gasteiger charge is 2.26. The number of rotatable bonds is 3. The molecular weight excluding hydrogens is 342 g/mol. The summed E-state index contributed by atoms with van der Waals surface area (Å²) in [4.78, 5) is 18.5. The van der Waals surface area contributed by atoms with Crippen LogP contribution < -0.4 is 9.80 Å². The Hall–Kier alpha value is -1.70. The Labute approximate surface area is 151 Å². The molecule has 0 bridgehead atoms. The van der Waals surface area contributed by atoms with Gasteiger partial charge < -0.3 is 19.3 Å². The Morgan fingerprint density at radius 3 is 3.04 bits per heavy atom. The fourth-order valence-corrected chi connectivity index (χ4v) is 3.52. The second-order valence-electron chi connectivity index (χ2n) is 6.43. The van der Waals surface area contributed by atoms with E-state index in [4.69, 9.17) is 31.0 Å². The Balaban J connectivity index is 1.75. The summed E-state index contributed by atoms with van der Waals surface area (Å²) in [6, 6.07) is 4.23. The molecular formula is C17H22ClN5O2. The maximum absolute atomic E-state index is 5.97. The summed E-state index contributed by atoms with van der Waals surface area (Å²) in [5.74, 6) is 2.09. The fraction of sp³-hybridized carbons (Fsp3) is 0.588. The number of hydrogen-bond donors (Lipinski definition) is 0. The molecule has 0 saturated carbocycles. The Morgan fingerprint density at radius 1 is 1.28 bits per heavy atom. The van der Waals surface area contributed by atoms with Crippen molar-refractivity contribution < 1.29 is 9.47 Å². The van der Waals surface area contributed by atoms with Crippen LogP contribution in [0.15, 0.2) is 18.3 Å². The lowest BCUT2D eigenvalue weighted by Crippen LogP contribution is -2.46. The number of alkyl halides is 1. The summed E-state index contributed by atoms with van der Waals surface area (Å²) in [7, 11) is 0. The summed E-state index contributed by atoms with van der Waals surface area (Å²) < 4.78 is 11.2. The van der Waals surface area contributed by atoms with E-state index in [1.165, 1.54) is 0 Å². The molecule has 2 aliphatic rings. The lowest BCUT2D eigenvalue weighted by Gasteiger charge is -2.36. The first-order chi connectivity index (χ1) is 12.3. The van der Waals surface area contributed by atoms with Crippen molar-refractivity contribution in [3.63, 3.8) is 0 Å². The van der Waals surface area contributed by atoms with Gasteiger partial charge in [0.05, 0.1) is 43.2 Å². The Bertz CT molecular complexity index is 746. The van der Waals surface area contributed by atoms with Crippen LogP contribution in [0.25, 0.3) is 11.0 Å². The minimum absolute atomic E-state index is 0.00389. The number of nitrogens with zero attached hydrogens (tertiary/aromatic N) is 5. The molecule has 134 valence electrons. The SMILES string of the molecule is CC1COCCN1c1nc(N2CCOC(CCl)C2)nc2ncccc12. The molecule has 4 rings (SSSR count). The van der Waals surface area contributed by atoms with Crippen molar-refractivity contribution in [1.29, 1.82) is 0 Å². The van der Waals surface area contributed by atoms with Gasteiger partial charge in [-0.2, -0.15) is 9.97 Å². The first kappa shape index (κ1) is 16.8. The van der Waals surface area contributed by atoms with Crippen LogP contribution in [-0.2, 0) is 9.47 Å². The van der Waals surface area contributed by atoms with Crippen LogP contribution in [0.1, 0.15) is 6.92 Å². The van der Waals surface area contributed by atoms with Gasteiger partial charge in [-0.1, -0.05) is 0 Å². The minimum Gasteiger partial charge on any atom is -0.377 e. The highest BCUT2D eigenvalue weighted by Crippen LogP contribution is 2.28. The lowest BCUT2D eigenvalue weighted by molar-refractivity contribution is 0.0549. The average Bonchev–Trinajstić information content (AvgIpc) is 2.67. The predicted octanol–water partition coefficient (Wildman–Crippen LogP) is 1.69. The van der Waals surface area contributed by atoms with Crippen molar-refractivity contribution in [3.05, 3.63) is 18.3 Å². The topological polar surface area (TPSA) is 63.6 Å². The van der Waals surface area contributed by atoms with E-state index in [-0.39, 0.29) is 12.1 Å². The number of fused-ring (bicyclic) bond motifs is 1. The minimum atomic E-state index is 0.00389. The third-order valence-electron chi connectivity index (χ3n) is 4.67. The van der Waals surface area contributed by atoms with Crippen LogP contribution in [0.2, 0.25) is 0 Å². The Kier molecular flexibility index (Phi) is 4.87. The molecule has 0 radical (unpaired) electrons. The monoisotopic (exact) mass is 363 g/mol. The van der Waals surface area contributed by atoms with Gasteiger partial charge in [-0.05, 0) is 19.1 Å². The normalized spacial score (nSPS) is 24.7. The summed E-state index contributed by atoms with van der Waals surface area (Å²) in [5, 5.41) is 0.974. The summed E-state index contributed by atoms with van der Waals surface area (Å²) in [6.45, 7) is 6.45. The molecule has 2 aromatic rings. The fourth-order valence-electron chi connectivity index (χ4n) is 3.33. The summed E-state index contributed by atoms with van der Waals surface area (Å²) in [6.07, 6.45) is 1.77. The van der Waals surface area contributed by atoms with Crippen LogP contribution in [0.5, 0.6) is 0 Å². The second kappa shape index (κ2) is 7.27. The molecule has 7 nitrogen and oxygen atoms in total. The number of anilines is 2. The van der Waals surface area contributed by atoms with E-state index in [0.717, 1.165) is 29.9 Å². The number of morpholine rings is 2. The van der Waals surface area contributed by atoms with Gasteiger partial charge in [0, 0.05) is 25.8 Å². The molecule has 0 aromatic carbocycles. The van der Waals surface area contributed by atoms with Crippen LogP contribution in [0.4, 0.5) is 11.8 Å². The van der Waals surface area contributed by atoms with E-state index < -0.39 is 0 Å². The molecule has 0 N–H and O–H groups in total. The maximum Gasteiger partial charge on any atom is 0.229 e. The molecule has 0 spiro atoms. The molecule has 2 unspecified atom stereocenters. The maximum atomic E-state index is 5.97. The van der Waals surface area contributed by atoms with E-state index in [9.17, 15) is 0 Å². The molecule has 4 heterocycles. The van der Waals surface area contributed by atoms with Gasteiger partial charge in [-0.25, -0.2) is 4.98 Å². The molecule has 2 aliphatic heterocycles. The molecule has 2 saturated heterocycles. The van der Waals surface area contributed by atoms with Crippen LogP contribution >= 0.6 is 11.6 Å². The smallest absolute Gasteiger partial charge is 0.229 e. The summed E-state index contributed by atoms with van der Waals surface area (Å²) >= 11 is 5.97. The second-order valence-corrected chi connectivity index (χ2v) is 6.74. The number of pyridine rings is 1. The quantitative estimate of drug-likeness (QED) is 0.769. The molecule has 25 heavy (non-hydrogen) atoms. The molecule has 2 aromatic heterocycles. The van der Waals surface area contributed by atoms with E-state index in [2.05, 4.69) is 21.7 Å². The largest absolute Gasteiger partial charge is 0.377 e. The van der Waals surface area contributed by atoms with Crippen molar-refractivity contribution in [3.8, 4) is 0 Å². The van der Waals surface area contributed by atoms with Crippen molar-refractivity contribution in [2.24, 2.45) is 0 Å². The molecule has 8 heteroatoms. The van der Waals surface area contributed by atoms with Gasteiger partial charge in [0.15, 0.2) is 5.65 Å². The van der Waals surface area contributed by atoms with Gasteiger partial charge in [-0.15, -0.1) is 11.6 Å². The first-order valence-corrected chi connectivity index (χ1v) is 9.19. The van der Waals surface area contributed by atoms with E-state index in [1.807, 2.05) is 12.1 Å².